The van der Waals surface area contributed by atoms with Crippen molar-refractivity contribution < 1.29 is 9.18 Å². The fourth-order valence-corrected chi connectivity index (χ4v) is 4.57. The van der Waals surface area contributed by atoms with Gasteiger partial charge >= 0.3 is 0 Å². The summed E-state index contributed by atoms with van der Waals surface area (Å²) in [5.41, 5.74) is 3.01. The Kier molecular flexibility index (Phi) is 6.19. The second-order valence-electron chi connectivity index (χ2n) is 8.53. The molecular weight excluding hydrogens is 401 g/mol. The van der Waals surface area contributed by atoms with E-state index < -0.39 is 11.4 Å². The number of hydrogen-bond acceptors (Lipinski definition) is 3. The van der Waals surface area contributed by atoms with Gasteiger partial charge in [-0.05, 0) is 43.5 Å². The van der Waals surface area contributed by atoms with Gasteiger partial charge in [-0.1, -0.05) is 66.7 Å². The molecule has 0 saturated carbocycles. The van der Waals surface area contributed by atoms with Crippen molar-refractivity contribution in [3.05, 3.63) is 107 Å². The number of aromatic nitrogens is 1. The first-order valence-corrected chi connectivity index (χ1v) is 10.9. The van der Waals surface area contributed by atoms with Crippen molar-refractivity contribution in [2.24, 2.45) is 0 Å². The molecule has 5 heteroatoms. The van der Waals surface area contributed by atoms with E-state index in [-0.39, 0.29) is 17.9 Å². The van der Waals surface area contributed by atoms with Gasteiger partial charge in [-0.15, -0.1) is 0 Å². The van der Waals surface area contributed by atoms with E-state index in [0.29, 0.717) is 17.8 Å². The Balaban J connectivity index is 1.86. The van der Waals surface area contributed by atoms with E-state index in [4.69, 9.17) is 0 Å². The Bertz CT molecular complexity index is 1140. The van der Waals surface area contributed by atoms with E-state index in [1.54, 1.807) is 0 Å². The van der Waals surface area contributed by atoms with Crippen LogP contribution < -0.4 is 10.6 Å². The summed E-state index contributed by atoms with van der Waals surface area (Å²) >= 11 is 0. The Morgan fingerprint density at radius 1 is 1.12 bits per heavy atom. The number of benzene rings is 2. The smallest absolute Gasteiger partial charge is 0.246 e. The normalized spacial score (nSPS) is 16.6. The third-order valence-corrected chi connectivity index (χ3v) is 5.91. The van der Waals surface area contributed by atoms with Gasteiger partial charge in [0.15, 0.2) is 0 Å². The quantitative estimate of drug-likeness (QED) is 0.565. The lowest BCUT2D eigenvalue weighted by molar-refractivity contribution is -0.129. The predicted octanol–water partition coefficient (Wildman–Crippen LogP) is 4.85. The molecule has 1 aromatic heterocycles. The first kappa shape index (κ1) is 21.9. The number of fused-ring (bicyclic) bond motifs is 1. The molecule has 4 nitrogen and oxygen atoms in total. The predicted molar refractivity (Wildman–Crippen MR) is 125 cm³/mol. The zero-order valence-corrected chi connectivity index (χ0v) is 18.6. The third-order valence-electron chi connectivity index (χ3n) is 5.91. The monoisotopic (exact) mass is 429 g/mol. The molecule has 1 amide bonds. The lowest BCUT2D eigenvalue weighted by Gasteiger charge is -2.41. The van der Waals surface area contributed by atoms with Gasteiger partial charge in [0.25, 0.3) is 0 Å². The van der Waals surface area contributed by atoms with Crippen LogP contribution in [0.3, 0.4) is 0 Å². The van der Waals surface area contributed by atoms with Crippen LogP contribution in [0.2, 0.25) is 0 Å². The number of aryl methyl sites for hydroxylation is 1. The fourth-order valence-electron chi connectivity index (χ4n) is 4.57. The molecule has 0 radical (unpaired) electrons. The topological polar surface area (TPSA) is 54.0 Å². The van der Waals surface area contributed by atoms with Crippen LogP contribution >= 0.6 is 0 Å². The molecule has 1 aliphatic rings. The van der Waals surface area contributed by atoms with Gasteiger partial charge in [0.05, 0.1) is 6.20 Å². The largest absolute Gasteiger partial charge is 0.350 e. The van der Waals surface area contributed by atoms with Crippen molar-refractivity contribution >= 4 is 12.0 Å². The van der Waals surface area contributed by atoms with Crippen molar-refractivity contribution in [1.29, 1.82) is 0 Å². The Hall–Kier alpha value is -3.31. The second kappa shape index (κ2) is 9.05. The van der Waals surface area contributed by atoms with Crippen LogP contribution in [0.1, 0.15) is 47.7 Å². The lowest BCUT2D eigenvalue weighted by Crippen LogP contribution is -2.59. The number of hydrogen-bond donors (Lipinski definition) is 2. The summed E-state index contributed by atoms with van der Waals surface area (Å²) in [4.78, 5) is 18.3. The summed E-state index contributed by atoms with van der Waals surface area (Å²) in [6.45, 7) is 6.18. The molecule has 164 valence electrons. The maximum Gasteiger partial charge on any atom is 0.246 e. The minimum atomic E-state index is -1.23. The molecule has 0 bridgehead atoms. The van der Waals surface area contributed by atoms with E-state index in [0.717, 1.165) is 16.7 Å². The molecule has 2 atom stereocenters. The van der Waals surface area contributed by atoms with Gasteiger partial charge in [0.1, 0.15) is 11.4 Å². The summed E-state index contributed by atoms with van der Waals surface area (Å²) in [5, 5.41) is 6.64. The van der Waals surface area contributed by atoms with E-state index in [9.17, 15) is 9.18 Å². The number of nitrogens with zero attached hydrogens (tertiary/aromatic N) is 1. The average molecular weight is 430 g/mol. The summed E-state index contributed by atoms with van der Waals surface area (Å²) in [5.74, 6) is -0.997. The van der Waals surface area contributed by atoms with Crippen LogP contribution in [-0.4, -0.2) is 16.9 Å². The average Bonchev–Trinajstić information content (AvgIpc) is 3.22. The van der Waals surface area contributed by atoms with E-state index in [1.165, 1.54) is 12.3 Å². The van der Waals surface area contributed by atoms with E-state index in [2.05, 4.69) is 15.6 Å². The number of carbonyl (C=O) groups is 1. The number of amides is 1. The number of pyridine rings is 1. The van der Waals surface area contributed by atoms with Crippen molar-refractivity contribution in [3.8, 4) is 0 Å². The molecule has 2 N–H and O–H groups in total. The van der Waals surface area contributed by atoms with Gasteiger partial charge in [-0.3, -0.25) is 15.1 Å². The highest BCUT2D eigenvalue weighted by atomic mass is 19.1. The molecule has 2 unspecified atom stereocenters. The van der Waals surface area contributed by atoms with Crippen LogP contribution in [-0.2, 0) is 16.9 Å². The van der Waals surface area contributed by atoms with Gasteiger partial charge in [0.2, 0.25) is 5.91 Å². The molecule has 0 saturated heterocycles. The Morgan fingerprint density at radius 2 is 1.84 bits per heavy atom. The molecule has 1 heterocycles. The molecule has 32 heavy (non-hydrogen) atoms. The standard InChI is InChI=1S/C27H28FN3O/c1-18(2)31-27(25-15-22(28)17-29-19(25)3,24-14-13-21-11-7-8-12-23(21)24)26(32)30-16-20-9-5-4-6-10-20/h4-15,17-18,24,31H,16H2,1-3H3,(H,30,32). The number of carbonyl (C=O) groups excluding carboxylic acids is 1. The van der Waals surface area contributed by atoms with Crippen molar-refractivity contribution in [3.63, 3.8) is 0 Å². The highest BCUT2D eigenvalue weighted by molar-refractivity contribution is 5.91. The molecule has 3 aromatic rings. The SMILES string of the molecule is Cc1ncc(F)cc1C(NC(C)C)(C(=O)NCc1ccccc1)C1C=Cc2ccccc21. The second-order valence-corrected chi connectivity index (χ2v) is 8.53. The highest BCUT2D eigenvalue weighted by Gasteiger charge is 2.50. The van der Waals surface area contributed by atoms with Gasteiger partial charge < -0.3 is 5.32 Å². The molecule has 4 rings (SSSR count). The van der Waals surface area contributed by atoms with Gasteiger partial charge in [-0.25, -0.2) is 4.39 Å². The maximum absolute atomic E-state index is 14.5. The van der Waals surface area contributed by atoms with E-state index in [1.807, 2.05) is 87.5 Å². The zero-order valence-electron chi connectivity index (χ0n) is 18.6. The minimum absolute atomic E-state index is 0.0405. The molecule has 2 aromatic carbocycles. The van der Waals surface area contributed by atoms with Crippen LogP contribution in [0.25, 0.3) is 6.08 Å². The van der Waals surface area contributed by atoms with Crippen LogP contribution in [0.15, 0.2) is 72.9 Å². The Labute approximate surface area is 188 Å². The Morgan fingerprint density at radius 3 is 2.59 bits per heavy atom. The molecule has 0 aliphatic heterocycles. The third kappa shape index (κ3) is 4.08. The van der Waals surface area contributed by atoms with Gasteiger partial charge in [0, 0.05) is 29.8 Å². The fraction of sp³-hybridized carbons (Fsp3) is 0.259. The maximum atomic E-state index is 14.5. The summed E-state index contributed by atoms with van der Waals surface area (Å²) in [6, 6.07) is 19.2. The molecular formula is C27H28FN3O. The first-order chi connectivity index (χ1) is 15.4. The van der Waals surface area contributed by atoms with Crippen LogP contribution in [0.5, 0.6) is 0 Å². The van der Waals surface area contributed by atoms with Crippen LogP contribution in [0, 0.1) is 12.7 Å². The lowest BCUT2D eigenvalue weighted by atomic mass is 9.73. The number of rotatable bonds is 7. The number of nitrogens with one attached hydrogen (secondary N) is 2. The first-order valence-electron chi connectivity index (χ1n) is 10.9. The minimum Gasteiger partial charge on any atom is -0.350 e. The number of halogens is 1. The molecule has 1 aliphatic carbocycles. The van der Waals surface area contributed by atoms with Crippen molar-refractivity contribution in [2.45, 2.75) is 44.8 Å². The highest BCUT2D eigenvalue weighted by Crippen LogP contribution is 2.45. The van der Waals surface area contributed by atoms with Crippen molar-refractivity contribution in [1.82, 2.24) is 15.6 Å². The van der Waals surface area contributed by atoms with E-state index >= 15 is 0 Å². The molecule has 0 fully saturated rings. The van der Waals surface area contributed by atoms with Crippen molar-refractivity contribution in [2.75, 3.05) is 0 Å². The van der Waals surface area contributed by atoms with Gasteiger partial charge in [-0.2, -0.15) is 0 Å². The van der Waals surface area contributed by atoms with Crippen LogP contribution in [0.4, 0.5) is 4.39 Å². The summed E-state index contributed by atoms with van der Waals surface area (Å²) in [6.07, 6.45) is 5.26. The summed E-state index contributed by atoms with van der Waals surface area (Å²) < 4.78 is 14.5. The summed E-state index contributed by atoms with van der Waals surface area (Å²) in [7, 11) is 0. The molecule has 0 spiro atoms. The zero-order chi connectivity index (χ0) is 22.7.